The van der Waals surface area contributed by atoms with Crippen molar-refractivity contribution in [2.45, 2.75) is 38.2 Å². The molecule has 0 unspecified atom stereocenters. The Hall–Kier alpha value is -1.51. The fourth-order valence-corrected chi connectivity index (χ4v) is 3.63. The van der Waals surface area contributed by atoms with Crippen molar-refractivity contribution in [1.82, 2.24) is 4.47 Å². The number of hydrogen-bond acceptors (Lipinski definition) is 6. The molecule has 0 heterocycles. The number of halogens is 2. The van der Waals surface area contributed by atoms with Crippen molar-refractivity contribution >= 4 is 45.3 Å². The zero-order chi connectivity index (χ0) is 18.0. The Balaban J connectivity index is 3.41. The Morgan fingerprint density at radius 3 is 2.00 bits per heavy atom. The van der Waals surface area contributed by atoms with Crippen LogP contribution in [0.5, 0.6) is 0 Å². The number of benzene rings is 1. The van der Waals surface area contributed by atoms with Gasteiger partial charge >= 0.3 is 22.1 Å². The van der Waals surface area contributed by atoms with Crippen molar-refractivity contribution in [3.63, 3.8) is 0 Å². The molecular weight excluding hydrogens is 369 g/mol. The summed E-state index contributed by atoms with van der Waals surface area (Å²) < 4.78 is 30.0. The maximum absolute atomic E-state index is 12.6. The molecule has 10 heteroatoms. The Kier molecular flexibility index (Phi) is 5.89. The predicted octanol–water partition coefficient (Wildman–Crippen LogP) is 3.40. The van der Waals surface area contributed by atoms with Crippen molar-refractivity contribution in [1.29, 1.82) is 0 Å². The summed E-state index contributed by atoms with van der Waals surface area (Å²) in [6.45, 7) is 5.49. The predicted molar refractivity (Wildman–Crippen MR) is 83.5 cm³/mol. The third kappa shape index (κ3) is 4.98. The second-order valence-corrected chi connectivity index (χ2v) is 7.85. The van der Waals surface area contributed by atoms with Gasteiger partial charge in [0.1, 0.15) is 10.5 Å². The maximum atomic E-state index is 12.6. The largest absolute Gasteiger partial charge is 0.459 e. The molecule has 1 aromatic rings. The molecule has 1 amide bonds. The van der Waals surface area contributed by atoms with E-state index in [2.05, 4.69) is 4.84 Å². The van der Waals surface area contributed by atoms with E-state index in [-0.39, 0.29) is 14.5 Å². The molecule has 1 rings (SSSR count). The zero-order valence-corrected chi connectivity index (χ0v) is 15.1. The monoisotopic (exact) mass is 383 g/mol. The van der Waals surface area contributed by atoms with Crippen LogP contribution < -0.4 is 0 Å². The first kappa shape index (κ1) is 19.5. The Bertz CT molecular complexity index is 706. The lowest BCUT2D eigenvalue weighted by Crippen LogP contribution is -2.42. The second-order valence-electron chi connectivity index (χ2n) is 5.35. The fraction of sp³-hybridized carbons (Fsp3) is 0.385. The molecule has 0 N–H and O–H groups in total. The topological polar surface area (TPSA) is 90.0 Å². The quantitative estimate of drug-likeness (QED) is 0.726. The number of amides is 1. The normalized spacial score (nSPS) is 11.7. The molecule has 0 saturated heterocycles. The van der Waals surface area contributed by atoms with E-state index in [1.807, 2.05) is 0 Å². The van der Waals surface area contributed by atoms with Gasteiger partial charge in [0.25, 0.3) is 0 Å². The van der Waals surface area contributed by atoms with Crippen LogP contribution in [0.4, 0.5) is 4.79 Å². The molecule has 1 aromatic carbocycles. The average Bonchev–Trinajstić information content (AvgIpc) is 2.32. The summed E-state index contributed by atoms with van der Waals surface area (Å²) in [6, 6.07) is 3.95. The van der Waals surface area contributed by atoms with Gasteiger partial charge in [0.15, 0.2) is 0 Å². The van der Waals surface area contributed by atoms with Crippen molar-refractivity contribution in [2.75, 3.05) is 0 Å². The molecule has 0 aromatic heterocycles. The highest BCUT2D eigenvalue weighted by molar-refractivity contribution is 7.89. The average molecular weight is 384 g/mol. The van der Waals surface area contributed by atoms with Crippen molar-refractivity contribution in [2.24, 2.45) is 0 Å². The number of carbonyl (C=O) groups excluding carboxylic acids is 2. The van der Waals surface area contributed by atoms with Crippen molar-refractivity contribution in [3.8, 4) is 0 Å². The van der Waals surface area contributed by atoms with E-state index in [4.69, 9.17) is 27.9 Å². The highest BCUT2D eigenvalue weighted by Crippen LogP contribution is 2.32. The second kappa shape index (κ2) is 6.94. The van der Waals surface area contributed by atoms with Crippen LogP contribution in [-0.2, 0) is 24.4 Å². The van der Waals surface area contributed by atoms with Gasteiger partial charge < -0.3 is 9.57 Å². The first-order valence-electron chi connectivity index (χ1n) is 6.27. The minimum Gasteiger partial charge on any atom is -0.441 e. The molecule has 0 bridgehead atoms. The number of nitrogens with zero attached hydrogens (tertiary/aromatic N) is 1. The van der Waals surface area contributed by atoms with Crippen molar-refractivity contribution < 1.29 is 27.6 Å². The highest BCUT2D eigenvalue weighted by atomic mass is 35.5. The standard InChI is InChI=1S/C13H15Cl2NO6S/c1-8(17)22-16(12(18)21-13(2,3)4)23(19,20)11-9(14)6-5-7-10(11)15/h5-7H,1-4H3. The van der Waals surface area contributed by atoms with Gasteiger partial charge in [-0.15, -0.1) is 0 Å². The summed E-state index contributed by atoms with van der Waals surface area (Å²) in [5.74, 6) is -1.04. The van der Waals surface area contributed by atoms with E-state index < -0.39 is 32.6 Å². The van der Waals surface area contributed by atoms with Crippen LogP contribution in [0.1, 0.15) is 27.7 Å². The van der Waals surface area contributed by atoms with Gasteiger partial charge in [-0.2, -0.15) is 8.42 Å². The van der Waals surface area contributed by atoms with E-state index in [1.165, 1.54) is 39.0 Å². The summed E-state index contributed by atoms with van der Waals surface area (Å²) in [5, 5.41) is -0.476. The van der Waals surface area contributed by atoms with Crippen LogP contribution in [0.25, 0.3) is 0 Å². The molecule has 0 aliphatic heterocycles. The molecule has 128 valence electrons. The number of carbonyl (C=O) groups is 2. The summed E-state index contributed by atoms with van der Waals surface area (Å²) in [7, 11) is -4.68. The van der Waals surface area contributed by atoms with Crippen LogP contribution in [-0.4, -0.2) is 30.5 Å². The van der Waals surface area contributed by atoms with Crippen LogP contribution in [0.15, 0.2) is 23.1 Å². The molecule has 0 aliphatic carbocycles. The van der Waals surface area contributed by atoms with E-state index in [1.54, 1.807) is 0 Å². The molecule has 0 radical (unpaired) electrons. The number of ether oxygens (including phenoxy) is 1. The Morgan fingerprint density at radius 1 is 1.13 bits per heavy atom. The minimum atomic E-state index is -4.68. The lowest BCUT2D eigenvalue weighted by atomic mass is 10.2. The number of hydrogen-bond donors (Lipinski definition) is 0. The van der Waals surface area contributed by atoms with Gasteiger partial charge in [0.05, 0.1) is 10.0 Å². The third-order valence-corrected chi connectivity index (χ3v) is 4.62. The van der Waals surface area contributed by atoms with Gasteiger partial charge in [0, 0.05) is 6.92 Å². The lowest BCUT2D eigenvalue weighted by molar-refractivity contribution is -0.164. The van der Waals surface area contributed by atoms with Gasteiger partial charge in [-0.25, -0.2) is 9.59 Å². The molecule has 0 spiro atoms. The van der Waals surface area contributed by atoms with Gasteiger partial charge in [-0.1, -0.05) is 29.3 Å². The number of sulfonamides is 1. The van der Waals surface area contributed by atoms with Crippen LogP contribution >= 0.6 is 23.2 Å². The summed E-state index contributed by atoms with van der Waals surface area (Å²) in [4.78, 5) is 27.2. The zero-order valence-electron chi connectivity index (χ0n) is 12.8. The first-order valence-corrected chi connectivity index (χ1v) is 8.46. The van der Waals surface area contributed by atoms with E-state index in [0.717, 1.165) is 6.92 Å². The highest BCUT2D eigenvalue weighted by Gasteiger charge is 2.39. The van der Waals surface area contributed by atoms with E-state index in [0.29, 0.717) is 0 Å². The molecule has 0 aliphatic rings. The van der Waals surface area contributed by atoms with Gasteiger partial charge in [0.2, 0.25) is 0 Å². The molecule has 0 saturated carbocycles. The smallest absolute Gasteiger partial charge is 0.441 e. The molecule has 0 atom stereocenters. The van der Waals surface area contributed by atoms with E-state index in [9.17, 15) is 18.0 Å². The third-order valence-electron chi connectivity index (χ3n) is 2.15. The van der Waals surface area contributed by atoms with Crippen molar-refractivity contribution in [3.05, 3.63) is 28.2 Å². The van der Waals surface area contributed by atoms with Gasteiger partial charge in [-0.3, -0.25) is 0 Å². The molecule has 23 heavy (non-hydrogen) atoms. The van der Waals surface area contributed by atoms with Crippen LogP contribution in [0.2, 0.25) is 10.0 Å². The molecular formula is C13H15Cl2NO6S. The van der Waals surface area contributed by atoms with Crippen LogP contribution in [0, 0.1) is 0 Å². The van der Waals surface area contributed by atoms with Crippen LogP contribution in [0.3, 0.4) is 0 Å². The SMILES string of the molecule is CC(=O)ON(C(=O)OC(C)(C)C)S(=O)(=O)c1c(Cl)cccc1Cl. The summed E-state index contributed by atoms with van der Waals surface area (Å²) >= 11 is 11.7. The Labute approximate surface area is 144 Å². The Morgan fingerprint density at radius 2 is 1.61 bits per heavy atom. The van der Waals surface area contributed by atoms with Gasteiger partial charge in [-0.05, 0) is 37.4 Å². The molecule has 7 nitrogen and oxygen atoms in total. The lowest BCUT2D eigenvalue weighted by Gasteiger charge is -2.25. The summed E-state index contributed by atoms with van der Waals surface area (Å²) in [6.07, 6.45) is -1.40. The maximum Gasteiger partial charge on any atom is 0.459 e. The first-order chi connectivity index (χ1) is 10.4. The summed E-state index contributed by atoms with van der Waals surface area (Å²) in [5.41, 5.74) is -1.02. The fourth-order valence-electron chi connectivity index (χ4n) is 1.41. The number of rotatable bonds is 2. The number of hydroxylamine groups is 1. The minimum absolute atomic E-state index is 0.173. The van der Waals surface area contributed by atoms with E-state index >= 15 is 0 Å². The molecule has 0 fully saturated rings.